The molecule has 0 amide bonds. The third-order valence-corrected chi connectivity index (χ3v) is 10.4. The van der Waals surface area contributed by atoms with E-state index in [1.807, 2.05) is 0 Å². The molecule has 0 heterocycles. The number of rotatable bonds is 6. The van der Waals surface area contributed by atoms with Crippen LogP contribution in [0.1, 0.15) is 38.3 Å². The maximum absolute atomic E-state index is 7.19. The minimum atomic E-state index is -2.50. The standard InChI is InChI=1S/C13H10.C12H10O.C9H13.2ClH.Ti/c1-3-7-12(8-4-1)11-13-9-5-2-6-10-13;13-12-8-4-7-11(9-12)10-5-2-1-3-6-10;1-9(2,3)8-6-4-5-7-8;;;/h1-10H;1-9,13H;4,6H,5H2,1-3H3;2*1H;/q;;;;;+1/p-1. The molecule has 0 aliphatic heterocycles. The summed E-state index contributed by atoms with van der Waals surface area (Å²) in [7, 11) is 0. The zero-order chi connectivity index (χ0) is 25.0. The van der Waals surface area contributed by atoms with Gasteiger partial charge in [-0.25, -0.2) is 0 Å². The molecule has 0 aromatic heterocycles. The average molecular weight is 577 g/mol. The summed E-state index contributed by atoms with van der Waals surface area (Å²) >= 11 is -2.50. The molecule has 4 aromatic carbocycles. The molecular formula is C34H34Cl2OTi. The molecule has 0 radical (unpaired) electrons. The summed E-state index contributed by atoms with van der Waals surface area (Å²) < 4.78 is 10.0. The average Bonchev–Trinajstić information content (AvgIpc) is 3.41. The first-order valence-electron chi connectivity index (χ1n) is 12.6. The summed E-state index contributed by atoms with van der Waals surface area (Å²) in [5, 5.41) is 0. The number of hydrogen-bond donors (Lipinski definition) is 0. The van der Waals surface area contributed by atoms with E-state index in [4.69, 9.17) is 3.32 Å². The number of hydrogen-bond acceptors (Lipinski definition) is 1. The normalized spacial score (nSPS) is 12.4. The maximum atomic E-state index is 7.19. The first kappa shape index (κ1) is 29.9. The Hall–Kier alpha value is -2.68. The van der Waals surface area contributed by atoms with Crippen LogP contribution >= 0.6 is 24.8 Å². The predicted molar refractivity (Wildman–Crippen MR) is 163 cm³/mol. The quantitative estimate of drug-likeness (QED) is 0.208. The number of halogens is 2. The molecule has 0 spiro atoms. The van der Waals surface area contributed by atoms with Gasteiger partial charge in [-0.2, -0.15) is 0 Å². The Balaban J connectivity index is 0.00000200. The second kappa shape index (κ2) is 13.4. The third kappa shape index (κ3) is 6.84. The summed E-state index contributed by atoms with van der Waals surface area (Å²) in [5.41, 5.74) is 6.39. The minimum absolute atomic E-state index is 0. The van der Waals surface area contributed by atoms with Gasteiger partial charge in [0.25, 0.3) is 0 Å². The van der Waals surface area contributed by atoms with Crippen molar-refractivity contribution in [3.8, 4) is 16.9 Å². The first-order chi connectivity index (χ1) is 17.5. The molecule has 0 N–H and O–H groups in total. The van der Waals surface area contributed by atoms with Gasteiger partial charge in [-0.3, -0.25) is 0 Å². The summed E-state index contributed by atoms with van der Waals surface area (Å²) in [5.74, 6) is 0.948. The van der Waals surface area contributed by atoms with Gasteiger partial charge in [-0.1, -0.05) is 0 Å². The van der Waals surface area contributed by atoms with Gasteiger partial charge in [-0.05, 0) is 0 Å². The van der Waals surface area contributed by atoms with Gasteiger partial charge < -0.3 is 0 Å². The van der Waals surface area contributed by atoms with Crippen LogP contribution in [0.3, 0.4) is 0 Å². The SMILES string of the molecule is CC(C)(C)C1=[C]([Ti]([O]c2cccc(-c3ccccc3)c2)=[C](c2ccccc2)c2ccccc2)CC=C1.Cl.Cl. The molecular weight excluding hydrogens is 543 g/mol. The molecule has 0 atom stereocenters. The van der Waals surface area contributed by atoms with E-state index in [0.29, 0.717) is 0 Å². The van der Waals surface area contributed by atoms with Crippen LogP contribution in [0.15, 0.2) is 137 Å². The smallest absolute Gasteiger partial charge is 0.147 e. The summed E-state index contributed by atoms with van der Waals surface area (Å²) in [6, 6.07) is 40.8. The predicted octanol–water partition coefficient (Wildman–Crippen LogP) is 9.64. The molecule has 0 saturated heterocycles. The van der Waals surface area contributed by atoms with Crippen molar-refractivity contribution in [3.05, 3.63) is 148 Å². The second-order valence-electron chi connectivity index (χ2n) is 10.2. The van der Waals surface area contributed by atoms with Crippen molar-refractivity contribution in [3.63, 3.8) is 0 Å². The van der Waals surface area contributed by atoms with Crippen LogP contribution in [0.5, 0.6) is 5.75 Å². The van der Waals surface area contributed by atoms with Gasteiger partial charge in [-0.15, -0.1) is 24.8 Å². The van der Waals surface area contributed by atoms with Crippen molar-refractivity contribution in [2.45, 2.75) is 27.2 Å². The molecule has 5 rings (SSSR count). The van der Waals surface area contributed by atoms with E-state index in [1.54, 1.807) is 0 Å². The fourth-order valence-corrected chi connectivity index (χ4v) is 9.11. The fourth-order valence-electron chi connectivity index (χ4n) is 4.81. The molecule has 194 valence electrons. The van der Waals surface area contributed by atoms with E-state index in [1.165, 1.54) is 35.5 Å². The Morgan fingerprint density at radius 3 is 1.74 bits per heavy atom. The van der Waals surface area contributed by atoms with Gasteiger partial charge in [0.05, 0.1) is 0 Å². The Morgan fingerprint density at radius 2 is 1.18 bits per heavy atom. The minimum Gasteiger partial charge on any atom is -0.147 e. The molecule has 4 aromatic rings. The molecule has 1 aliphatic carbocycles. The van der Waals surface area contributed by atoms with E-state index in [0.717, 1.165) is 12.2 Å². The first-order valence-corrected chi connectivity index (χ1v) is 14.8. The van der Waals surface area contributed by atoms with Crippen molar-refractivity contribution in [2.24, 2.45) is 5.41 Å². The molecule has 0 saturated carbocycles. The second-order valence-corrected chi connectivity index (χ2v) is 13.3. The Kier molecular flexibility index (Phi) is 10.5. The molecule has 1 aliphatic rings. The van der Waals surface area contributed by atoms with Crippen molar-refractivity contribution >= 4 is 28.6 Å². The summed E-state index contributed by atoms with van der Waals surface area (Å²) in [6.45, 7) is 6.94. The van der Waals surface area contributed by atoms with Crippen molar-refractivity contribution in [1.29, 1.82) is 0 Å². The summed E-state index contributed by atoms with van der Waals surface area (Å²) in [4.78, 5) is 0. The van der Waals surface area contributed by atoms with Crippen LogP contribution in [-0.4, -0.2) is 3.81 Å². The van der Waals surface area contributed by atoms with Gasteiger partial charge >= 0.3 is 222 Å². The topological polar surface area (TPSA) is 9.23 Å². The zero-order valence-electron chi connectivity index (χ0n) is 22.1. The number of benzene rings is 4. The van der Waals surface area contributed by atoms with Crippen molar-refractivity contribution in [1.82, 2.24) is 0 Å². The Labute approximate surface area is 245 Å². The monoisotopic (exact) mass is 576 g/mol. The third-order valence-electron chi connectivity index (χ3n) is 6.53. The molecule has 1 nitrogen and oxygen atoms in total. The van der Waals surface area contributed by atoms with Crippen molar-refractivity contribution in [2.75, 3.05) is 0 Å². The zero-order valence-corrected chi connectivity index (χ0v) is 25.3. The van der Waals surface area contributed by atoms with Gasteiger partial charge in [0.2, 0.25) is 0 Å². The van der Waals surface area contributed by atoms with Crippen LogP contribution in [0.4, 0.5) is 0 Å². The summed E-state index contributed by atoms with van der Waals surface area (Å²) in [6.07, 6.45) is 5.61. The number of allylic oxidation sites excluding steroid dienone is 4. The van der Waals surface area contributed by atoms with Crippen LogP contribution in [0, 0.1) is 5.41 Å². The van der Waals surface area contributed by atoms with Gasteiger partial charge in [0.15, 0.2) is 0 Å². The van der Waals surface area contributed by atoms with Crippen LogP contribution in [-0.2, 0) is 17.8 Å². The van der Waals surface area contributed by atoms with E-state index < -0.39 is 17.8 Å². The van der Waals surface area contributed by atoms with Crippen LogP contribution in [0.25, 0.3) is 11.1 Å². The molecule has 0 unspecified atom stereocenters. The van der Waals surface area contributed by atoms with E-state index in [2.05, 4.69) is 148 Å². The van der Waals surface area contributed by atoms with Crippen molar-refractivity contribution < 1.29 is 21.1 Å². The fraction of sp³-hybridized carbons (Fsp3) is 0.147. The molecule has 0 fully saturated rings. The van der Waals surface area contributed by atoms with E-state index >= 15 is 0 Å². The maximum Gasteiger partial charge on any atom is -0.147 e. The van der Waals surface area contributed by atoms with Gasteiger partial charge in [0.1, 0.15) is 0 Å². The Bertz CT molecular complexity index is 1390. The molecule has 4 heteroatoms. The van der Waals surface area contributed by atoms with Crippen LogP contribution in [0.2, 0.25) is 0 Å². The van der Waals surface area contributed by atoms with Crippen LogP contribution < -0.4 is 3.32 Å². The molecule has 38 heavy (non-hydrogen) atoms. The van der Waals surface area contributed by atoms with E-state index in [-0.39, 0.29) is 30.2 Å². The largest absolute Gasteiger partial charge is 0.147 e. The van der Waals surface area contributed by atoms with Gasteiger partial charge in [0, 0.05) is 0 Å². The molecule has 0 bridgehead atoms. The van der Waals surface area contributed by atoms with E-state index in [9.17, 15) is 0 Å². The Morgan fingerprint density at radius 1 is 0.658 bits per heavy atom.